The first-order valence-electron chi connectivity index (χ1n) is 14.4. The van der Waals surface area contributed by atoms with E-state index in [-0.39, 0.29) is 34.6 Å². The van der Waals surface area contributed by atoms with Crippen LogP contribution in [-0.2, 0) is 26.3 Å². The predicted octanol–water partition coefficient (Wildman–Crippen LogP) is 5.96. The van der Waals surface area contributed by atoms with Gasteiger partial charge in [-0.15, -0.1) is 0 Å². The number of anilines is 2. The number of thioether (sulfide) groups is 1. The van der Waals surface area contributed by atoms with Crippen molar-refractivity contribution in [3.8, 4) is 5.75 Å². The number of ether oxygens (including phenoxy) is 1. The van der Waals surface area contributed by atoms with Crippen molar-refractivity contribution in [1.29, 1.82) is 0 Å². The standard InChI is InChI=1S/C34H33N3O5S2/c1-19-7-6-8-22(17-19)35-25(38)18-36-32-29(44-33(36)41)26(20-9-11-21(12-10-20)34(2,3)4)27-28(43-32)31(40)37(30(27)39)23-13-15-24(42-5)16-14-23/h6-17,26-28H,18H2,1-5H3,(H,35,38). The second kappa shape index (κ2) is 11.4. The Morgan fingerprint density at radius 1 is 0.955 bits per heavy atom. The number of aryl methyl sites for hydroxylation is 1. The lowest BCUT2D eigenvalue weighted by Gasteiger charge is -2.31. The summed E-state index contributed by atoms with van der Waals surface area (Å²) in [5.74, 6) is -1.62. The topological polar surface area (TPSA) is 97.7 Å². The fraction of sp³-hybridized carbons (Fsp3) is 0.294. The van der Waals surface area contributed by atoms with E-state index in [1.165, 1.54) is 21.2 Å². The smallest absolute Gasteiger partial charge is 0.308 e. The Balaban J connectivity index is 1.41. The molecule has 1 aromatic heterocycles. The van der Waals surface area contributed by atoms with Crippen LogP contribution in [0.2, 0.25) is 0 Å². The number of benzene rings is 3. The number of amides is 3. The van der Waals surface area contributed by atoms with Gasteiger partial charge in [0.05, 0.1) is 23.7 Å². The summed E-state index contributed by atoms with van der Waals surface area (Å²) < 4.78 is 6.70. The first-order valence-corrected chi connectivity index (χ1v) is 16.0. The van der Waals surface area contributed by atoms with E-state index >= 15 is 0 Å². The molecule has 3 unspecified atom stereocenters. The lowest BCUT2D eigenvalue weighted by molar-refractivity contribution is -0.122. The Hall–Kier alpha value is -4.15. The third-order valence-corrected chi connectivity index (χ3v) is 10.7. The molecule has 1 fully saturated rings. The number of carbonyl (C=O) groups excluding carboxylic acids is 3. The Bertz CT molecular complexity index is 1820. The number of rotatable bonds is 6. The molecule has 3 atom stereocenters. The van der Waals surface area contributed by atoms with Crippen LogP contribution in [0.25, 0.3) is 0 Å². The SMILES string of the molecule is COc1ccc(N2C(=O)C3Sc4c(sc(=O)n4CC(=O)Nc4cccc(C)c4)C(c4ccc(C(C)(C)C)cc4)C3C2=O)cc1. The van der Waals surface area contributed by atoms with Crippen LogP contribution in [0.5, 0.6) is 5.75 Å². The molecule has 6 rings (SSSR count). The van der Waals surface area contributed by atoms with Crippen LogP contribution >= 0.6 is 23.1 Å². The molecule has 2 aliphatic heterocycles. The van der Waals surface area contributed by atoms with E-state index in [9.17, 15) is 19.2 Å². The second-order valence-corrected chi connectivity index (χ2v) is 14.3. The number of nitrogens with zero attached hydrogens (tertiary/aromatic N) is 2. The molecule has 2 aliphatic rings. The summed E-state index contributed by atoms with van der Waals surface area (Å²) in [5, 5.41) is 2.67. The van der Waals surface area contributed by atoms with Gasteiger partial charge in [-0.05, 0) is 65.4 Å². The average Bonchev–Trinajstić information content (AvgIpc) is 3.43. The lowest BCUT2D eigenvalue weighted by atomic mass is 9.81. The van der Waals surface area contributed by atoms with Crippen molar-refractivity contribution >= 4 is 52.2 Å². The van der Waals surface area contributed by atoms with E-state index in [2.05, 4.69) is 26.1 Å². The normalized spacial score (nSPS) is 19.5. The van der Waals surface area contributed by atoms with Gasteiger partial charge in [-0.2, -0.15) is 0 Å². The zero-order valence-electron chi connectivity index (χ0n) is 25.1. The Labute approximate surface area is 264 Å². The van der Waals surface area contributed by atoms with Crippen LogP contribution < -0.4 is 19.8 Å². The zero-order chi connectivity index (χ0) is 31.3. The molecule has 4 aromatic rings. The number of carbonyl (C=O) groups is 3. The molecule has 0 bridgehead atoms. The molecule has 1 N–H and O–H groups in total. The van der Waals surface area contributed by atoms with Gasteiger partial charge in [-0.25, -0.2) is 4.90 Å². The van der Waals surface area contributed by atoms with Crippen molar-refractivity contribution in [2.24, 2.45) is 5.92 Å². The first kappa shape index (κ1) is 29.9. The third-order valence-electron chi connectivity index (χ3n) is 8.12. The van der Waals surface area contributed by atoms with Gasteiger partial charge in [0.2, 0.25) is 17.7 Å². The molecule has 0 radical (unpaired) electrons. The number of aromatic nitrogens is 1. The van der Waals surface area contributed by atoms with Gasteiger partial charge in [-0.1, -0.05) is 80.3 Å². The van der Waals surface area contributed by atoms with Crippen LogP contribution in [0.3, 0.4) is 0 Å². The van der Waals surface area contributed by atoms with E-state index in [4.69, 9.17) is 4.74 Å². The fourth-order valence-electron chi connectivity index (χ4n) is 5.86. The molecule has 226 valence electrons. The monoisotopic (exact) mass is 627 g/mol. The predicted molar refractivity (Wildman–Crippen MR) is 174 cm³/mol. The van der Waals surface area contributed by atoms with Crippen LogP contribution in [-0.4, -0.2) is 34.6 Å². The highest BCUT2D eigenvalue weighted by Gasteiger charge is 2.56. The maximum Gasteiger partial charge on any atom is 0.308 e. The van der Waals surface area contributed by atoms with E-state index in [0.29, 0.717) is 27.0 Å². The molecule has 3 aromatic carbocycles. The molecule has 3 heterocycles. The highest BCUT2D eigenvalue weighted by atomic mass is 32.2. The highest BCUT2D eigenvalue weighted by molar-refractivity contribution is 8.00. The van der Waals surface area contributed by atoms with Crippen molar-refractivity contribution in [2.45, 2.75) is 55.8 Å². The highest BCUT2D eigenvalue weighted by Crippen LogP contribution is 2.54. The van der Waals surface area contributed by atoms with Gasteiger partial charge in [0.1, 0.15) is 17.5 Å². The van der Waals surface area contributed by atoms with E-state index in [1.54, 1.807) is 37.4 Å². The quantitative estimate of drug-likeness (QED) is 0.265. The van der Waals surface area contributed by atoms with Crippen molar-refractivity contribution in [2.75, 3.05) is 17.3 Å². The summed E-state index contributed by atoms with van der Waals surface area (Å²) in [7, 11) is 1.56. The molecule has 44 heavy (non-hydrogen) atoms. The van der Waals surface area contributed by atoms with Gasteiger partial charge in [0, 0.05) is 16.5 Å². The Morgan fingerprint density at radius 2 is 1.66 bits per heavy atom. The molecule has 0 saturated carbocycles. The van der Waals surface area contributed by atoms with Gasteiger partial charge >= 0.3 is 4.87 Å². The maximum absolute atomic E-state index is 14.1. The van der Waals surface area contributed by atoms with Crippen LogP contribution in [0.4, 0.5) is 11.4 Å². The van der Waals surface area contributed by atoms with Gasteiger partial charge in [-0.3, -0.25) is 23.7 Å². The molecule has 10 heteroatoms. The van der Waals surface area contributed by atoms with E-state index in [1.807, 2.05) is 49.4 Å². The number of thiazole rings is 1. The van der Waals surface area contributed by atoms with Crippen molar-refractivity contribution in [3.05, 3.63) is 104 Å². The molecule has 3 amide bonds. The number of imide groups is 1. The third kappa shape index (κ3) is 5.37. The number of methoxy groups -OCH3 is 1. The molecular weight excluding hydrogens is 595 g/mol. The molecule has 0 spiro atoms. The Kier molecular flexibility index (Phi) is 7.75. The fourth-order valence-corrected chi connectivity index (χ4v) is 8.63. The van der Waals surface area contributed by atoms with Crippen LogP contribution in [0.1, 0.15) is 48.3 Å². The number of hydrogen-bond acceptors (Lipinski definition) is 7. The minimum absolute atomic E-state index is 0.0717. The second-order valence-electron chi connectivity index (χ2n) is 12.2. The van der Waals surface area contributed by atoms with Gasteiger partial charge in [0.25, 0.3) is 0 Å². The average molecular weight is 628 g/mol. The van der Waals surface area contributed by atoms with Crippen molar-refractivity contribution in [1.82, 2.24) is 4.57 Å². The minimum atomic E-state index is -0.760. The largest absolute Gasteiger partial charge is 0.497 e. The van der Waals surface area contributed by atoms with Gasteiger partial charge < -0.3 is 10.1 Å². The lowest BCUT2D eigenvalue weighted by Crippen LogP contribution is -2.33. The molecule has 1 saturated heterocycles. The zero-order valence-corrected chi connectivity index (χ0v) is 26.8. The van der Waals surface area contributed by atoms with E-state index in [0.717, 1.165) is 28.0 Å². The van der Waals surface area contributed by atoms with Crippen molar-refractivity contribution in [3.63, 3.8) is 0 Å². The summed E-state index contributed by atoms with van der Waals surface area (Å²) >= 11 is 2.25. The summed E-state index contributed by atoms with van der Waals surface area (Å²) in [4.78, 5) is 56.3. The summed E-state index contributed by atoms with van der Waals surface area (Å²) in [6, 6.07) is 22.4. The van der Waals surface area contributed by atoms with Crippen LogP contribution in [0, 0.1) is 12.8 Å². The summed E-state index contributed by atoms with van der Waals surface area (Å²) in [6.45, 7) is 8.13. The summed E-state index contributed by atoms with van der Waals surface area (Å²) in [5.41, 5.74) is 4.03. The first-order chi connectivity index (χ1) is 21.0. The molecular formula is C34H33N3O5S2. The van der Waals surface area contributed by atoms with Crippen molar-refractivity contribution < 1.29 is 19.1 Å². The number of fused-ring (bicyclic) bond motifs is 2. The Morgan fingerprint density at radius 3 is 2.30 bits per heavy atom. The van der Waals surface area contributed by atoms with Gasteiger partial charge in [0.15, 0.2) is 0 Å². The number of hydrogen-bond donors (Lipinski definition) is 1. The minimum Gasteiger partial charge on any atom is -0.497 e. The van der Waals surface area contributed by atoms with E-state index < -0.39 is 17.1 Å². The molecule has 8 nitrogen and oxygen atoms in total. The molecule has 0 aliphatic carbocycles. The maximum atomic E-state index is 14.1. The summed E-state index contributed by atoms with van der Waals surface area (Å²) in [6.07, 6.45) is 0. The van der Waals surface area contributed by atoms with Crippen LogP contribution in [0.15, 0.2) is 82.6 Å². The number of nitrogens with one attached hydrogen (secondary N) is 1.